The van der Waals surface area contributed by atoms with E-state index in [1.54, 1.807) is 19.2 Å². The van der Waals surface area contributed by atoms with Crippen LogP contribution in [0.15, 0.2) is 59.5 Å². The number of benzene rings is 3. The first-order valence-electron chi connectivity index (χ1n) is 14.0. The van der Waals surface area contributed by atoms with E-state index in [4.69, 9.17) is 24.5 Å². The van der Waals surface area contributed by atoms with Crippen molar-refractivity contribution in [3.63, 3.8) is 0 Å². The molecule has 13 heteroatoms. The Labute approximate surface area is 258 Å². The normalized spacial score (nSPS) is 11.5. The SMILES string of the molecule is COC(=O)CCNS(=O)(=O)c1ccc(Cc2ccc(OC)c3cccc(OCCCOP(=O)(CCC#N)CCC#N)c23)cc1. The van der Waals surface area contributed by atoms with Gasteiger partial charge in [-0.1, -0.05) is 30.3 Å². The third-order valence-corrected chi connectivity index (χ3v) is 10.7. The molecule has 0 bridgehead atoms. The molecule has 0 heterocycles. The van der Waals surface area contributed by atoms with Gasteiger partial charge in [-0.05, 0) is 41.8 Å². The Balaban J connectivity index is 1.73. The number of nitriles is 2. The summed E-state index contributed by atoms with van der Waals surface area (Å²) in [4.78, 5) is 11.4. The Hall–Kier alpha value is -3.93. The molecule has 11 nitrogen and oxygen atoms in total. The highest BCUT2D eigenvalue weighted by atomic mass is 32.2. The first-order valence-corrected chi connectivity index (χ1v) is 17.5. The summed E-state index contributed by atoms with van der Waals surface area (Å²) in [5, 5.41) is 19.4. The minimum Gasteiger partial charge on any atom is -0.496 e. The molecule has 0 aliphatic rings. The van der Waals surface area contributed by atoms with Crippen molar-refractivity contribution in [1.29, 1.82) is 10.5 Å². The van der Waals surface area contributed by atoms with Crippen LogP contribution >= 0.6 is 7.37 Å². The average Bonchev–Trinajstić information content (AvgIpc) is 3.03. The summed E-state index contributed by atoms with van der Waals surface area (Å²) in [7, 11) is -4.02. The molecule has 1 N–H and O–H groups in total. The molecule has 0 aliphatic carbocycles. The van der Waals surface area contributed by atoms with E-state index in [-0.39, 0.29) is 56.2 Å². The number of ether oxygens (including phenoxy) is 3. The Kier molecular flexibility index (Phi) is 13.2. The number of methoxy groups -OCH3 is 2. The Bertz CT molecular complexity index is 1640. The molecule has 0 spiro atoms. The van der Waals surface area contributed by atoms with Gasteiger partial charge in [0.15, 0.2) is 0 Å². The van der Waals surface area contributed by atoms with Gasteiger partial charge in [-0.2, -0.15) is 10.5 Å². The quantitative estimate of drug-likeness (QED) is 0.111. The van der Waals surface area contributed by atoms with Crippen molar-refractivity contribution in [1.82, 2.24) is 4.72 Å². The number of nitrogens with one attached hydrogen (secondary N) is 1. The van der Waals surface area contributed by atoms with E-state index in [1.165, 1.54) is 19.2 Å². The van der Waals surface area contributed by atoms with Crippen molar-refractivity contribution in [2.75, 3.05) is 46.3 Å². The van der Waals surface area contributed by atoms with Gasteiger partial charge in [0, 0.05) is 48.9 Å². The lowest BCUT2D eigenvalue weighted by Gasteiger charge is -2.17. The molecule has 44 heavy (non-hydrogen) atoms. The van der Waals surface area contributed by atoms with Crippen molar-refractivity contribution in [2.45, 2.75) is 37.0 Å². The van der Waals surface area contributed by atoms with Crippen LogP contribution in [0.3, 0.4) is 0 Å². The molecule has 234 valence electrons. The number of carbonyl (C=O) groups is 1. The summed E-state index contributed by atoms with van der Waals surface area (Å²) in [6.07, 6.45) is 1.32. The summed E-state index contributed by atoms with van der Waals surface area (Å²) in [5.74, 6) is 0.798. The van der Waals surface area contributed by atoms with E-state index in [0.717, 1.165) is 21.9 Å². The van der Waals surface area contributed by atoms with Gasteiger partial charge in [-0.3, -0.25) is 9.36 Å². The predicted octanol–water partition coefficient (Wildman–Crippen LogP) is 5.17. The highest BCUT2D eigenvalue weighted by Crippen LogP contribution is 2.48. The second-order valence-electron chi connectivity index (χ2n) is 9.76. The van der Waals surface area contributed by atoms with Crippen molar-refractivity contribution in [3.8, 4) is 23.6 Å². The van der Waals surface area contributed by atoms with Gasteiger partial charge in [-0.25, -0.2) is 13.1 Å². The number of sulfonamides is 1. The summed E-state index contributed by atoms with van der Waals surface area (Å²) in [6, 6.07) is 19.9. The number of hydrogen-bond acceptors (Lipinski definition) is 10. The van der Waals surface area contributed by atoms with E-state index < -0.39 is 23.4 Å². The van der Waals surface area contributed by atoms with Crippen LogP contribution in [-0.4, -0.2) is 60.7 Å². The Morgan fingerprint density at radius 3 is 2.27 bits per heavy atom. The van der Waals surface area contributed by atoms with E-state index in [2.05, 4.69) is 9.46 Å². The number of nitrogens with zero attached hydrogens (tertiary/aromatic N) is 2. The number of esters is 1. The van der Waals surface area contributed by atoms with Gasteiger partial charge >= 0.3 is 5.97 Å². The fraction of sp³-hybridized carbons (Fsp3) is 0.387. The van der Waals surface area contributed by atoms with E-state index in [0.29, 0.717) is 24.3 Å². The second kappa shape index (κ2) is 16.8. The zero-order valence-corrected chi connectivity index (χ0v) is 26.5. The van der Waals surface area contributed by atoms with Crippen LogP contribution in [0.2, 0.25) is 0 Å². The molecule has 0 saturated heterocycles. The van der Waals surface area contributed by atoms with Crippen LogP contribution in [0.5, 0.6) is 11.5 Å². The molecule has 0 aliphatic heterocycles. The number of carbonyl (C=O) groups excluding carboxylic acids is 1. The fourth-order valence-corrected chi connectivity index (χ4v) is 7.35. The minimum atomic E-state index is -3.79. The highest BCUT2D eigenvalue weighted by molar-refractivity contribution is 7.89. The molecule has 3 aromatic carbocycles. The Morgan fingerprint density at radius 1 is 0.932 bits per heavy atom. The maximum Gasteiger partial charge on any atom is 0.306 e. The van der Waals surface area contributed by atoms with E-state index in [9.17, 15) is 17.8 Å². The average molecular weight is 642 g/mol. The largest absolute Gasteiger partial charge is 0.496 e. The maximum atomic E-state index is 13.0. The number of rotatable bonds is 18. The van der Waals surface area contributed by atoms with Crippen molar-refractivity contribution in [2.24, 2.45) is 0 Å². The zero-order chi connectivity index (χ0) is 32.0. The zero-order valence-electron chi connectivity index (χ0n) is 24.8. The highest BCUT2D eigenvalue weighted by Gasteiger charge is 2.22. The lowest BCUT2D eigenvalue weighted by atomic mass is 9.97. The second-order valence-corrected chi connectivity index (χ2v) is 14.3. The minimum absolute atomic E-state index is 0.0643. The monoisotopic (exact) mass is 641 g/mol. The number of fused-ring (bicyclic) bond motifs is 1. The van der Waals surface area contributed by atoms with Crippen molar-refractivity contribution in [3.05, 3.63) is 65.7 Å². The molecule has 0 aromatic heterocycles. The summed E-state index contributed by atoms with van der Waals surface area (Å²) in [5.41, 5.74) is 1.82. The van der Waals surface area contributed by atoms with Gasteiger partial charge in [0.25, 0.3) is 0 Å². The lowest BCUT2D eigenvalue weighted by Crippen LogP contribution is -2.26. The van der Waals surface area contributed by atoms with Gasteiger partial charge in [0.05, 0.1) is 50.9 Å². The maximum absolute atomic E-state index is 13.0. The molecule has 0 amide bonds. The van der Waals surface area contributed by atoms with E-state index >= 15 is 0 Å². The van der Waals surface area contributed by atoms with Gasteiger partial charge in [0.1, 0.15) is 11.5 Å². The van der Waals surface area contributed by atoms with Crippen LogP contribution < -0.4 is 14.2 Å². The summed E-state index contributed by atoms with van der Waals surface area (Å²) < 4.78 is 62.5. The Morgan fingerprint density at radius 2 is 1.64 bits per heavy atom. The van der Waals surface area contributed by atoms with Crippen LogP contribution in [-0.2, 0) is 35.1 Å². The van der Waals surface area contributed by atoms with Crippen molar-refractivity contribution >= 4 is 34.1 Å². The molecule has 0 saturated carbocycles. The fourth-order valence-electron chi connectivity index (χ4n) is 4.50. The first-order chi connectivity index (χ1) is 21.2. The van der Waals surface area contributed by atoms with Crippen molar-refractivity contribution < 1.29 is 36.5 Å². The summed E-state index contributed by atoms with van der Waals surface area (Å²) >= 11 is 0. The first kappa shape index (κ1) is 34.6. The van der Waals surface area contributed by atoms with Gasteiger partial charge in [-0.15, -0.1) is 0 Å². The molecule has 0 unspecified atom stereocenters. The molecule has 0 fully saturated rings. The molecule has 0 atom stereocenters. The molecule has 3 rings (SSSR count). The molecule has 0 radical (unpaired) electrons. The molecular weight excluding hydrogens is 605 g/mol. The summed E-state index contributed by atoms with van der Waals surface area (Å²) in [6.45, 7) is 0.384. The van der Waals surface area contributed by atoms with E-state index in [1.807, 2.05) is 42.5 Å². The predicted molar refractivity (Wildman–Crippen MR) is 165 cm³/mol. The van der Waals surface area contributed by atoms with Crippen LogP contribution in [0, 0.1) is 22.7 Å². The molecular formula is C31H36N3O8PS. The third-order valence-electron chi connectivity index (χ3n) is 6.75. The van der Waals surface area contributed by atoms with Crippen LogP contribution in [0.1, 0.15) is 36.8 Å². The third kappa shape index (κ3) is 9.80. The smallest absolute Gasteiger partial charge is 0.306 e. The topological polar surface area (TPSA) is 165 Å². The van der Waals surface area contributed by atoms with Crippen LogP contribution in [0.25, 0.3) is 10.8 Å². The van der Waals surface area contributed by atoms with Crippen LogP contribution in [0.4, 0.5) is 0 Å². The van der Waals surface area contributed by atoms with Gasteiger partial charge < -0.3 is 18.7 Å². The standard InChI is InChI=1S/C31H36N3O8PS/c1-39-28-14-11-25(23-24-9-12-26(13-10-24)44(37,38)34-18-15-30(35)40-2)31-27(28)7-3-8-29(31)41-19-6-20-42-43(36,21-4-16-32)22-5-17-33/h3,7-14,34H,4-6,15,18-23H2,1-2H3. The molecule has 3 aromatic rings. The van der Waals surface area contributed by atoms with Gasteiger partial charge in [0.2, 0.25) is 17.4 Å². The lowest BCUT2D eigenvalue weighted by molar-refractivity contribution is -0.140. The number of hydrogen-bond donors (Lipinski definition) is 1.